The molecule has 0 aromatic rings. The quantitative estimate of drug-likeness (QED) is 0.693. The molecule has 2 heterocycles. The molecule has 3 aliphatic rings. The number of nitrogens with one attached hydrogen (secondary N) is 1. The number of hydrogen-bond acceptors (Lipinski definition) is 2. The van der Waals surface area contributed by atoms with Gasteiger partial charge in [-0.05, 0) is 36.6 Å². The zero-order valence-electron chi connectivity index (χ0n) is 9.62. The van der Waals surface area contributed by atoms with Gasteiger partial charge in [-0.25, -0.2) is 0 Å². The maximum absolute atomic E-state index is 12.1. The first-order chi connectivity index (χ1) is 7.10. The molecule has 15 heavy (non-hydrogen) atoms. The third-order valence-electron chi connectivity index (χ3n) is 4.79. The number of amides is 1. The Hall–Kier alpha value is -0.570. The molecular weight excluding hydrogens is 188 g/mol. The molecule has 1 N–H and O–H groups in total. The Balaban J connectivity index is 1.60. The van der Waals surface area contributed by atoms with E-state index in [4.69, 9.17) is 0 Å². The topological polar surface area (TPSA) is 32.3 Å². The van der Waals surface area contributed by atoms with Crippen LogP contribution in [0.1, 0.15) is 26.7 Å². The van der Waals surface area contributed by atoms with Gasteiger partial charge in [0, 0.05) is 13.1 Å². The molecule has 3 rings (SSSR count). The van der Waals surface area contributed by atoms with Gasteiger partial charge in [0.15, 0.2) is 0 Å². The number of carbonyl (C=O) groups excluding carboxylic acids is 1. The third kappa shape index (κ3) is 1.32. The van der Waals surface area contributed by atoms with Crippen LogP contribution < -0.4 is 5.32 Å². The van der Waals surface area contributed by atoms with E-state index in [1.807, 2.05) is 0 Å². The van der Waals surface area contributed by atoms with E-state index in [-0.39, 0.29) is 6.04 Å². The van der Waals surface area contributed by atoms with Crippen molar-refractivity contribution < 1.29 is 4.79 Å². The minimum absolute atomic E-state index is 0.130. The van der Waals surface area contributed by atoms with Crippen LogP contribution in [0.25, 0.3) is 0 Å². The largest absolute Gasteiger partial charge is 0.341 e. The van der Waals surface area contributed by atoms with Crippen LogP contribution in [-0.2, 0) is 4.79 Å². The monoisotopic (exact) mass is 208 g/mol. The molecule has 2 saturated heterocycles. The second-order valence-electron chi connectivity index (χ2n) is 5.93. The maximum Gasteiger partial charge on any atom is 0.239 e. The molecule has 3 nitrogen and oxygen atoms in total. The van der Waals surface area contributed by atoms with E-state index in [1.165, 1.54) is 0 Å². The highest BCUT2D eigenvalue weighted by atomic mass is 16.2. The van der Waals surface area contributed by atoms with Crippen LogP contribution in [-0.4, -0.2) is 36.5 Å². The van der Waals surface area contributed by atoms with Gasteiger partial charge in [0.2, 0.25) is 5.91 Å². The van der Waals surface area contributed by atoms with Gasteiger partial charge < -0.3 is 10.2 Å². The van der Waals surface area contributed by atoms with Gasteiger partial charge in [0.05, 0.1) is 6.04 Å². The number of likely N-dealkylation sites (tertiary alicyclic amines) is 1. The van der Waals surface area contributed by atoms with Crippen molar-refractivity contribution in [1.82, 2.24) is 10.2 Å². The maximum atomic E-state index is 12.1. The van der Waals surface area contributed by atoms with E-state index < -0.39 is 0 Å². The van der Waals surface area contributed by atoms with E-state index in [1.54, 1.807) is 0 Å². The Kier molecular flexibility index (Phi) is 1.91. The number of piperidine rings is 1. The van der Waals surface area contributed by atoms with E-state index in [9.17, 15) is 4.79 Å². The van der Waals surface area contributed by atoms with Crippen molar-refractivity contribution >= 4 is 5.91 Å². The molecule has 3 heteroatoms. The van der Waals surface area contributed by atoms with Crippen molar-refractivity contribution in [2.24, 2.45) is 17.3 Å². The predicted molar refractivity (Wildman–Crippen MR) is 58.4 cm³/mol. The summed E-state index contributed by atoms with van der Waals surface area (Å²) in [7, 11) is 0. The standard InChI is InChI=1S/C12H20N2O/c1-12(2)8-6-14(7-9(8)12)11(15)10-4-3-5-13-10/h8-10,13H,3-7H2,1-2H3/t8?,9?,10-/m0/s1. The first-order valence-corrected chi connectivity index (χ1v) is 6.13. The second kappa shape index (κ2) is 2.97. The molecule has 0 spiro atoms. The molecule has 2 aliphatic heterocycles. The highest BCUT2D eigenvalue weighted by Crippen LogP contribution is 2.61. The minimum Gasteiger partial charge on any atom is -0.341 e. The Labute approximate surface area is 91.2 Å². The summed E-state index contributed by atoms with van der Waals surface area (Å²) in [5.41, 5.74) is 0.514. The molecule has 0 radical (unpaired) electrons. The molecule has 1 aliphatic carbocycles. The van der Waals surface area contributed by atoms with Crippen molar-refractivity contribution in [3.63, 3.8) is 0 Å². The lowest BCUT2D eigenvalue weighted by atomic mass is 10.1. The second-order valence-corrected chi connectivity index (χ2v) is 5.93. The van der Waals surface area contributed by atoms with Gasteiger partial charge in [0.1, 0.15) is 0 Å². The molecule has 1 amide bonds. The van der Waals surface area contributed by atoms with E-state index in [2.05, 4.69) is 24.1 Å². The SMILES string of the molecule is CC1(C)C2CN(C(=O)[C@@H]3CCCN3)CC21. The summed E-state index contributed by atoms with van der Waals surface area (Å²) in [6.07, 6.45) is 2.19. The normalized spacial score (nSPS) is 41.7. The predicted octanol–water partition coefficient (Wildman–Crippen LogP) is 0.853. The van der Waals surface area contributed by atoms with Crippen LogP contribution in [0.4, 0.5) is 0 Å². The summed E-state index contributed by atoms with van der Waals surface area (Å²) in [5, 5.41) is 3.29. The van der Waals surface area contributed by atoms with Crippen molar-refractivity contribution in [3.05, 3.63) is 0 Å². The highest BCUT2D eigenvalue weighted by molar-refractivity contribution is 5.82. The van der Waals surface area contributed by atoms with Crippen molar-refractivity contribution in [2.45, 2.75) is 32.7 Å². The molecule has 84 valence electrons. The molecule has 3 atom stereocenters. The third-order valence-corrected chi connectivity index (χ3v) is 4.79. The summed E-state index contributed by atoms with van der Waals surface area (Å²) < 4.78 is 0. The van der Waals surface area contributed by atoms with Gasteiger partial charge in [-0.1, -0.05) is 13.8 Å². The zero-order valence-corrected chi connectivity index (χ0v) is 9.62. The molecule has 2 unspecified atom stereocenters. The first kappa shape index (κ1) is 9.64. The molecule has 0 bridgehead atoms. The van der Waals surface area contributed by atoms with Gasteiger partial charge in [-0.3, -0.25) is 4.79 Å². The average Bonchev–Trinajstić information content (AvgIpc) is 2.79. The highest BCUT2D eigenvalue weighted by Gasteiger charge is 2.62. The van der Waals surface area contributed by atoms with E-state index in [0.29, 0.717) is 11.3 Å². The molecule has 0 aromatic heterocycles. The Morgan fingerprint density at radius 1 is 1.33 bits per heavy atom. The van der Waals surface area contributed by atoms with Crippen molar-refractivity contribution in [1.29, 1.82) is 0 Å². The molecule has 3 fully saturated rings. The molecule has 0 aromatic carbocycles. The first-order valence-electron chi connectivity index (χ1n) is 6.13. The number of carbonyl (C=O) groups is 1. The number of nitrogens with zero attached hydrogens (tertiary/aromatic N) is 1. The van der Waals surface area contributed by atoms with Crippen LogP contribution in [0, 0.1) is 17.3 Å². The van der Waals surface area contributed by atoms with Crippen LogP contribution >= 0.6 is 0 Å². The van der Waals surface area contributed by atoms with Crippen LogP contribution in [0.5, 0.6) is 0 Å². The fourth-order valence-corrected chi connectivity index (χ4v) is 3.43. The summed E-state index contributed by atoms with van der Waals surface area (Å²) in [5.74, 6) is 1.92. The lowest BCUT2D eigenvalue weighted by molar-refractivity contribution is -0.132. The van der Waals surface area contributed by atoms with Gasteiger partial charge >= 0.3 is 0 Å². The van der Waals surface area contributed by atoms with E-state index in [0.717, 1.165) is 44.3 Å². The summed E-state index contributed by atoms with van der Waals surface area (Å²) in [6, 6.07) is 0.130. The summed E-state index contributed by atoms with van der Waals surface area (Å²) >= 11 is 0. The zero-order chi connectivity index (χ0) is 10.6. The number of fused-ring (bicyclic) bond motifs is 1. The summed E-state index contributed by atoms with van der Waals surface area (Å²) in [6.45, 7) is 7.70. The summed E-state index contributed by atoms with van der Waals surface area (Å²) in [4.78, 5) is 14.2. The van der Waals surface area contributed by atoms with Gasteiger partial charge in [-0.2, -0.15) is 0 Å². The number of hydrogen-bond donors (Lipinski definition) is 1. The fourth-order valence-electron chi connectivity index (χ4n) is 3.43. The van der Waals surface area contributed by atoms with Gasteiger partial charge in [0.25, 0.3) is 0 Å². The smallest absolute Gasteiger partial charge is 0.239 e. The van der Waals surface area contributed by atoms with Crippen LogP contribution in [0.2, 0.25) is 0 Å². The lowest BCUT2D eigenvalue weighted by Crippen LogP contribution is -2.44. The Bertz CT molecular complexity index is 280. The molecule has 1 saturated carbocycles. The van der Waals surface area contributed by atoms with Crippen LogP contribution in [0.15, 0.2) is 0 Å². The minimum atomic E-state index is 0.130. The average molecular weight is 208 g/mol. The molecular formula is C12H20N2O. The van der Waals surface area contributed by atoms with Gasteiger partial charge in [-0.15, -0.1) is 0 Å². The van der Waals surface area contributed by atoms with Crippen LogP contribution in [0.3, 0.4) is 0 Å². The van der Waals surface area contributed by atoms with Crippen molar-refractivity contribution in [3.8, 4) is 0 Å². The Morgan fingerprint density at radius 2 is 2.00 bits per heavy atom. The van der Waals surface area contributed by atoms with E-state index >= 15 is 0 Å². The number of rotatable bonds is 1. The Morgan fingerprint density at radius 3 is 2.53 bits per heavy atom. The lowest BCUT2D eigenvalue weighted by Gasteiger charge is -2.25. The fraction of sp³-hybridized carbons (Fsp3) is 0.917. The van der Waals surface area contributed by atoms with Crippen molar-refractivity contribution in [2.75, 3.05) is 19.6 Å².